The summed E-state index contributed by atoms with van der Waals surface area (Å²) in [7, 11) is 4.05. The van der Waals surface area contributed by atoms with Crippen LogP contribution in [-0.4, -0.2) is 43.4 Å². The van der Waals surface area contributed by atoms with Gasteiger partial charge in [0.2, 0.25) is 5.91 Å². The number of likely N-dealkylation sites (N-methyl/N-ethyl adjacent to an activating group) is 1. The van der Waals surface area contributed by atoms with Crippen LogP contribution in [0.25, 0.3) is 0 Å². The Morgan fingerprint density at radius 1 is 1.04 bits per heavy atom. The first kappa shape index (κ1) is 19.1. The van der Waals surface area contributed by atoms with E-state index in [1.165, 1.54) is 5.56 Å². The van der Waals surface area contributed by atoms with E-state index in [4.69, 9.17) is 0 Å². The summed E-state index contributed by atoms with van der Waals surface area (Å²) in [6.45, 7) is 0.570. The summed E-state index contributed by atoms with van der Waals surface area (Å²) in [5.74, 6) is 0.137. The first-order chi connectivity index (χ1) is 13.0. The van der Waals surface area contributed by atoms with Crippen molar-refractivity contribution in [1.29, 1.82) is 0 Å². The van der Waals surface area contributed by atoms with E-state index in [0.717, 1.165) is 24.9 Å². The summed E-state index contributed by atoms with van der Waals surface area (Å²) < 4.78 is 0. The lowest BCUT2D eigenvalue weighted by Crippen LogP contribution is -2.41. The molecule has 5 nitrogen and oxygen atoms in total. The standard InChI is InChI=1S/C22H27N3O2/c1-25(2)20(14-16-6-4-3-5-7-16)15-23-21(26)17-10-12-19(13-11-17)24-22(27)18-8-9-18/h3-7,10-13,18,20H,8-9,14-15H2,1-2H3,(H,23,26)(H,24,27). The Morgan fingerprint density at radius 2 is 1.70 bits per heavy atom. The van der Waals surface area contributed by atoms with Crippen LogP contribution in [0.5, 0.6) is 0 Å². The Balaban J connectivity index is 1.53. The molecular formula is C22H27N3O2. The molecule has 0 aromatic heterocycles. The Hall–Kier alpha value is -2.66. The number of nitrogens with zero attached hydrogens (tertiary/aromatic N) is 1. The van der Waals surface area contributed by atoms with E-state index < -0.39 is 0 Å². The van der Waals surface area contributed by atoms with Gasteiger partial charge in [0.05, 0.1) is 0 Å². The topological polar surface area (TPSA) is 61.4 Å². The van der Waals surface area contributed by atoms with Crippen molar-refractivity contribution in [2.75, 3.05) is 26.0 Å². The Morgan fingerprint density at radius 3 is 2.30 bits per heavy atom. The number of carbonyl (C=O) groups excluding carboxylic acids is 2. The number of carbonyl (C=O) groups is 2. The molecule has 1 aliphatic rings. The fraction of sp³-hybridized carbons (Fsp3) is 0.364. The van der Waals surface area contributed by atoms with Gasteiger partial charge in [-0.1, -0.05) is 30.3 Å². The minimum atomic E-state index is -0.102. The van der Waals surface area contributed by atoms with Gasteiger partial charge in [0.1, 0.15) is 0 Å². The molecule has 1 fully saturated rings. The van der Waals surface area contributed by atoms with Gasteiger partial charge >= 0.3 is 0 Å². The zero-order valence-corrected chi connectivity index (χ0v) is 15.9. The summed E-state index contributed by atoms with van der Waals surface area (Å²) in [5, 5.41) is 5.91. The predicted octanol–water partition coefficient (Wildman–Crippen LogP) is 2.94. The zero-order valence-electron chi connectivity index (χ0n) is 15.9. The average Bonchev–Trinajstić information content (AvgIpc) is 3.51. The minimum absolute atomic E-state index is 0.0712. The molecule has 27 heavy (non-hydrogen) atoms. The van der Waals surface area contributed by atoms with Crippen molar-refractivity contribution in [3.63, 3.8) is 0 Å². The first-order valence-corrected chi connectivity index (χ1v) is 9.42. The molecule has 142 valence electrons. The van der Waals surface area contributed by atoms with Gasteiger partial charge in [0.15, 0.2) is 0 Å². The van der Waals surface area contributed by atoms with Gasteiger partial charge < -0.3 is 15.5 Å². The lowest BCUT2D eigenvalue weighted by Gasteiger charge is -2.24. The molecule has 0 aliphatic heterocycles. The average molecular weight is 365 g/mol. The molecule has 0 saturated heterocycles. The van der Waals surface area contributed by atoms with Crippen LogP contribution in [0.2, 0.25) is 0 Å². The second kappa shape index (κ2) is 8.82. The molecule has 1 unspecified atom stereocenters. The van der Waals surface area contributed by atoms with Crippen LogP contribution >= 0.6 is 0 Å². The molecule has 0 spiro atoms. The number of nitrogens with one attached hydrogen (secondary N) is 2. The first-order valence-electron chi connectivity index (χ1n) is 9.42. The molecule has 0 radical (unpaired) electrons. The van der Waals surface area contributed by atoms with Crippen LogP contribution in [0, 0.1) is 5.92 Å². The van der Waals surface area contributed by atoms with Crippen LogP contribution in [-0.2, 0) is 11.2 Å². The zero-order chi connectivity index (χ0) is 19.2. The summed E-state index contributed by atoms with van der Waals surface area (Å²) in [4.78, 5) is 26.4. The lowest BCUT2D eigenvalue weighted by molar-refractivity contribution is -0.117. The van der Waals surface area contributed by atoms with Crippen molar-refractivity contribution in [3.05, 3.63) is 65.7 Å². The van der Waals surface area contributed by atoms with Gasteiger partial charge in [-0.05, 0) is 63.2 Å². The highest BCUT2D eigenvalue weighted by Gasteiger charge is 2.29. The third-order valence-corrected chi connectivity index (χ3v) is 4.91. The molecule has 3 rings (SSSR count). The molecule has 2 amide bonds. The summed E-state index contributed by atoms with van der Waals surface area (Å²) in [5.41, 5.74) is 2.58. The Kier molecular flexibility index (Phi) is 6.24. The summed E-state index contributed by atoms with van der Waals surface area (Å²) >= 11 is 0. The van der Waals surface area contributed by atoms with E-state index in [9.17, 15) is 9.59 Å². The number of rotatable bonds is 8. The minimum Gasteiger partial charge on any atom is -0.350 e. The predicted molar refractivity (Wildman–Crippen MR) is 108 cm³/mol. The van der Waals surface area contributed by atoms with E-state index in [1.807, 2.05) is 32.3 Å². The van der Waals surface area contributed by atoms with E-state index in [0.29, 0.717) is 12.1 Å². The Bertz CT molecular complexity index is 768. The monoisotopic (exact) mass is 365 g/mol. The molecule has 5 heteroatoms. The molecular weight excluding hydrogens is 338 g/mol. The fourth-order valence-corrected chi connectivity index (χ4v) is 2.93. The van der Waals surface area contributed by atoms with Crippen LogP contribution in [0.1, 0.15) is 28.8 Å². The number of benzene rings is 2. The molecule has 1 saturated carbocycles. The van der Waals surface area contributed by atoms with Gasteiger partial charge in [0.25, 0.3) is 5.91 Å². The molecule has 1 aliphatic carbocycles. The maximum atomic E-state index is 12.5. The van der Waals surface area contributed by atoms with Gasteiger partial charge in [-0.3, -0.25) is 9.59 Å². The molecule has 0 bridgehead atoms. The number of amides is 2. The fourth-order valence-electron chi connectivity index (χ4n) is 2.93. The second-order valence-corrected chi connectivity index (χ2v) is 7.36. The highest BCUT2D eigenvalue weighted by Crippen LogP contribution is 2.30. The van der Waals surface area contributed by atoms with Crippen LogP contribution in [0.15, 0.2) is 54.6 Å². The van der Waals surface area contributed by atoms with E-state index in [-0.39, 0.29) is 23.8 Å². The number of anilines is 1. The highest BCUT2D eigenvalue weighted by molar-refractivity contribution is 5.96. The third kappa shape index (κ3) is 5.66. The van der Waals surface area contributed by atoms with Crippen molar-refractivity contribution in [2.24, 2.45) is 5.92 Å². The number of hydrogen-bond donors (Lipinski definition) is 2. The van der Waals surface area contributed by atoms with Crippen LogP contribution in [0.3, 0.4) is 0 Å². The molecule has 2 aromatic rings. The van der Waals surface area contributed by atoms with E-state index >= 15 is 0 Å². The highest BCUT2D eigenvalue weighted by atomic mass is 16.2. The summed E-state index contributed by atoms with van der Waals surface area (Å²) in [6, 6.07) is 17.6. The van der Waals surface area contributed by atoms with Crippen LogP contribution < -0.4 is 10.6 Å². The molecule has 0 heterocycles. The van der Waals surface area contributed by atoms with Crippen molar-refractivity contribution < 1.29 is 9.59 Å². The second-order valence-electron chi connectivity index (χ2n) is 7.36. The van der Waals surface area contributed by atoms with Gasteiger partial charge in [-0.25, -0.2) is 0 Å². The lowest BCUT2D eigenvalue weighted by atomic mass is 10.0. The van der Waals surface area contributed by atoms with Crippen LogP contribution in [0.4, 0.5) is 5.69 Å². The van der Waals surface area contributed by atoms with Crippen molar-refractivity contribution in [1.82, 2.24) is 10.2 Å². The van der Waals surface area contributed by atoms with Crippen molar-refractivity contribution in [3.8, 4) is 0 Å². The normalized spacial score (nSPS) is 14.6. The largest absolute Gasteiger partial charge is 0.350 e. The third-order valence-electron chi connectivity index (χ3n) is 4.91. The van der Waals surface area contributed by atoms with Gasteiger partial charge in [-0.15, -0.1) is 0 Å². The van der Waals surface area contributed by atoms with E-state index in [2.05, 4.69) is 27.7 Å². The van der Waals surface area contributed by atoms with Crippen molar-refractivity contribution >= 4 is 17.5 Å². The number of hydrogen-bond acceptors (Lipinski definition) is 3. The molecule has 2 N–H and O–H groups in total. The van der Waals surface area contributed by atoms with Gasteiger partial charge in [-0.2, -0.15) is 0 Å². The molecule has 1 atom stereocenters. The SMILES string of the molecule is CN(C)C(CNC(=O)c1ccc(NC(=O)C2CC2)cc1)Cc1ccccc1. The molecule has 2 aromatic carbocycles. The maximum absolute atomic E-state index is 12.5. The van der Waals surface area contributed by atoms with E-state index in [1.54, 1.807) is 24.3 Å². The Labute approximate surface area is 160 Å². The van der Waals surface area contributed by atoms with Crippen molar-refractivity contribution in [2.45, 2.75) is 25.3 Å². The summed E-state index contributed by atoms with van der Waals surface area (Å²) in [6.07, 6.45) is 2.82. The smallest absolute Gasteiger partial charge is 0.251 e. The quantitative estimate of drug-likeness (QED) is 0.756. The maximum Gasteiger partial charge on any atom is 0.251 e. The van der Waals surface area contributed by atoms with Gasteiger partial charge in [0, 0.05) is 29.8 Å².